The van der Waals surface area contributed by atoms with Crippen LogP contribution in [0.2, 0.25) is 0 Å². The third kappa shape index (κ3) is 1.58. The fourth-order valence-corrected chi connectivity index (χ4v) is 1.97. The topological polar surface area (TPSA) is 63.7 Å². The molecule has 0 saturated heterocycles. The molecule has 2 rings (SSSR count). The first-order chi connectivity index (χ1) is 7.52. The summed E-state index contributed by atoms with van der Waals surface area (Å²) >= 11 is 1.62. The van der Waals surface area contributed by atoms with Crippen molar-refractivity contribution >= 4 is 40.6 Å². The van der Waals surface area contributed by atoms with E-state index in [9.17, 15) is 14.4 Å². The molecule has 1 aliphatic heterocycles. The van der Waals surface area contributed by atoms with E-state index in [2.05, 4.69) is 0 Å². The lowest BCUT2D eigenvalue weighted by Gasteiger charge is -2.04. The van der Waals surface area contributed by atoms with Gasteiger partial charge < -0.3 is 4.74 Å². The van der Waals surface area contributed by atoms with Crippen LogP contribution < -0.4 is 4.74 Å². The van der Waals surface area contributed by atoms with Crippen LogP contribution in [0.5, 0.6) is 5.75 Å². The number of hydrogen-bond donors (Lipinski definition) is 0. The molecule has 6 heteroatoms. The van der Waals surface area contributed by atoms with Crippen LogP contribution >= 0.6 is 22.9 Å². The summed E-state index contributed by atoms with van der Waals surface area (Å²) < 4.78 is 5.85. The molecule has 0 saturated carbocycles. The number of imide groups is 1. The fourth-order valence-electron chi connectivity index (χ4n) is 1.47. The minimum absolute atomic E-state index is 0.127. The number of rotatable bonds is 1. The van der Waals surface area contributed by atoms with Gasteiger partial charge in [-0.05, 0) is 12.1 Å². The number of nitrogens with zero attached hydrogens (tertiary/aromatic N) is 1. The van der Waals surface area contributed by atoms with Gasteiger partial charge in [0.2, 0.25) is 0 Å². The van der Waals surface area contributed by atoms with Gasteiger partial charge in [0.15, 0.2) is 0 Å². The van der Waals surface area contributed by atoms with Gasteiger partial charge in [0.05, 0.1) is 34.0 Å². The second-order valence-electron chi connectivity index (χ2n) is 3.16. The van der Waals surface area contributed by atoms with Gasteiger partial charge in [-0.3, -0.25) is 14.4 Å². The molecule has 0 aliphatic carbocycles. The van der Waals surface area contributed by atoms with Gasteiger partial charge in [0, 0.05) is 6.92 Å². The number of fused-ring (bicyclic) bond motifs is 1. The summed E-state index contributed by atoms with van der Waals surface area (Å²) in [7, 11) is 0. The number of benzene rings is 1. The monoisotopic (exact) mass is 331 g/mol. The molecule has 1 aliphatic rings. The van der Waals surface area contributed by atoms with E-state index < -0.39 is 17.8 Å². The Morgan fingerprint density at radius 1 is 1.31 bits per heavy atom. The summed E-state index contributed by atoms with van der Waals surface area (Å²) in [5.41, 5.74) is 0.412. The van der Waals surface area contributed by atoms with E-state index in [1.807, 2.05) is 0 Å². The first-order valence-electron chi connectivity index (χ1n) is 4.38. The lowest BCUT2D eigenvalue weighted by Crippen LogP contribution is -2.17. The molecule has 2 amide bonds. The summed E-state index contributed by atoms with van der Waals surface area (Å²) in [5.74, 6) is -1.25. The highest BCUT2D eigenvalue weighted by Crippen LogP contribution is 2.32. The summed E-state index contributed by atoms with van der Waals surface area (Å²) in [6.45, 7) is 1.24. The highest BCUT2D eigenvalue weighted by atomic mass is 127. The predicted molar refractivity (Wildman–Crippen MR) is 62.3 cm³/mol. The average molecular weight is 331 g/mol. The van der Waals surface area contributed by atoms with Crippen molar-refractivity contribution in [3.05, 3.63) is 29.3 Å². The van der Waals surface area contributed by atoms with Crippen molar-refractivity contribution in [2.75, 3.05) is 0 Å². The van der Waals surface area contributed by atoms with E-state index in [1.165, 1.54) is 19.1 Å². The van der Waals surface area contributed by atoms with Crippen molar-refractivity contribution in [2.24, 2.45) is 0 Å². The molecular formula is C10H6INO4. The van der Waals surface area contributed by atoms with Gasteiger partial charge in [0.25, 0.3) is 11.8 Å². The summed E-state index contributed by atoms with van der Waals surface area (Å²) in [6, 6.07) is 4.58. The van der Waals surface area contributed by atoms with Crippen LogP contribution in [0.3, 0.4) is 0 Å². The Kier molecular flexibility index (Phi) is 2.66. The molecule has 0 unspecified atom stereocenters. The van der Waals surface area contributed by atoms with Crippen LogP contribution in [-0.4, -0.2) is 20.9 Å². The maximum atomic E-state index is 11.7. The molecule has 1 aromatic carbocycles. The number of ether oxygens (including phenoxy) is 1. The number of halogens is 1. The smallest absolute Gasteiger partial charge is 0.308 e. The maximum Gasteiger partial charge on any atom is 0.308 e. The first kappa shape index (κ1) is 11.1. The molecule has 5 nitrogen and oxygen atoms in total. The van der Waals surface area contributed by atoms with Crippen LogP contribution in [0.1, 0.15) is 27.6 Å². The van der Waals surface area contributed by atoms with Crippen LogP contribution in [0.4, 0.5) is 0 Å². The van der Waals surface area contributed by atoms with Gasteiger partial charge in [-0.15, -0.1) is 0 Å². The summed E-state index contributed by atoms with van der Waals surface area (Å²) in [6.07, 6.45) is 0. The second kappa shape index (κ2) is 3.85. The Hall–Kier alpha value is -1.44. The Labute approximate surface area is 105 Å². The van der Waals surface area contributed by atoms with E-state index in [4.69, 9.17) is 4.74 Å². The SMILES string of the molecule is CC(=O)Oc1cccc2c1C(=O)N(I)C2=O. The zero-order valence-electron chi connectivity index (χ0n) is 8.19. The Bertz CT molecular complexity index is 512. The number of carbonyl (C=O) groups excluding carboxylic acids is 3. The van der Waals surface area contributed by atoms with Crippen LogP contribution in [0.15, 0.2) is 18.2 Å². The van der Waals surface area contributed by atoms with E-state index in [1.54, 1.807) is 28.9 Å². The van der Waals surface area contributed by atoms with Gasteiger partial charge in [0.1, 0.15) is 5.75 Å². The van der Waals surface area contributed by atoms with E-state index in [0.717, 1.165) is 3.11 Å². The Morgan fingerprint density at radius 3 is 2.62 bits per heavy atom. The van der Waals surface area contributed by atoms with E-state index >= 15 is 0 Å². The van der Waals surface area contributed by atoms with Crippen molar-refractivity contribution in [1.29, 1.82) is 0 Å². The highest BCUT2D eigenvalue weighted by molar-refractivity contribution is 14.1. The minimum Gasteiger partial charge on any atom is -0.426 e. The summed E-state index contributed by atoms with van der Waals surface area (Å²) in [5, 5.41) is 0. The third-order valence-corrected chi connectivity index (χ3v) is 2.96. The minimum atomic E-state index is -0.527. The lowest BCUT2D eigenvalue weighted by molar-refractivity contribution is -0.131. The lowest BCUT2D eigenvalue weighted by atomic mass is 10.1. The van der Waals surface area contributed by atoms with Crippen LogP contribution in [0.25, 0.3) is 0 Å². The van der Waals surface area contributed by atoms with Gasteiger partial charge in [-0.25, -0.2) is 3.11 Å². The molecule has 0 spiro atoms. The van der Waals surface area contributed by atoms with Crippen molar-refractivity contribution in [2.45, 2.75) is 6.92 Å². The van der Waals surface area contributed by atoms with Crippen LogP contribution in [0, 0.1) is 0 Å². The second-order valence-corrected chi connectivity index (χ2v) is 4.13. The van der Waals surface area contributed by atoms with Crippen molar-refractivity contribution in [3.8, 4) is 5.75 Å². The van der Waals surface area contributed by atoms with E-state index in [-0.39, 0.29) is 16.9 Å². The standard InChI is InChI=1S/C10H6INO4/c1-5(13)16-7-4-2-3-6-8(7)10(15)12(11)9(6)14/h2-4H,1H3. The number of carbonyl (C=O) groups is 3. The van der Waals surface area contributed by atoms with Gasteiger partial charge >= 0.3 is 5.97 Å². The molecule has 0 bridgehead atoms. The molecule has 1 heterocycles. The first-order valence-corrected chi connectivity index (χ1v) is 5.35. The van der Waals surface area contributed by atoms with Gasteiger partial charge in [-0.2, -0.15) is 0 Å². The molecule has 0 radical (unpaired) electrons. The molecule has 82 valence electrons. The number of esters is 1. The zero-order chi connectivity index (χ0) is 11.9. The number of amides is 2. The van der Waals surface area contributed by atoms with Gasteiger partial charge in [-0.1, -0.05) is 6.07 Å². The molecule has 0 atom stereocenters. The normalized spacial score (nSPS) is 14.0. The zero-order valence-corrected chi connectivity index (χ0v) is 10.3. The number of hydrogen-bond acceptors (Lipinski definition) is 4. The Morgan fingerprint density at radius 2 is 2.00 bits per heavy atom. The quantitative estimate of drug-likeness (QED) is 0.258. The molecule has 0 N–H and O–H groups in total. The maximum absolute atomic E-state index is 11.7. The van der Waals surface area contributed by atoms with Crippen LogP contribution in [-0.2, 0) is 4.79 Å². The molecule has 0 aromatic heterocycles. The van der Waals surface area contributed by atoms with Crippen molar-refractivity contribution in [1.82, 2.24) is 3.11 Å². The highest BCUT2D eigenvalue weighted by Gasteiger charge is 2.37. The predicted octanol–water partition coefficient (Wildman–Crippen LogP) is 1.56. The third-order valence-electron chi connectivity index (χ3n) is 2.08. The van der Waals surface area contributed by atoms with E-state index in [0.29, 0.717) is 0 Å². The fraction of sp³-hybridized carbons (Fsp3) is 0.100. The van der Waals surface area contributed by atoms with Crippen molar-refractivity contribution < 1.29 is 19.1 Å². The largest absolute Gasteiger partial charge is 0.426 e. The molecule has 16 heavy (non-hydrogen) atoms. The molecular weight excluding hydrogens is 325 g/mol. The Balaban J connectivity index is 2.58. The van der Waals surface area contributed by atoms with Crippen molar-refractivity contribution in [3.63, 3.8) is 0 Å². The molecule has 0 fully saturated rings. The summed E-state index contributed by atoms with van der Waals surface area (Å²) in [4.78, 5) is 34.2. The molecule has 1 aromatic rings. The average Bonchev–Trinajstić information content (AvgIpc) is 2.44.